The second-order valence-corrected chi connectivity index (χ2v) is 7.37. The first-order chi connectivity index (χ1) is 12.3. The number of alkyl halides is 3. The predicted molar refractivity (Wildman–Crippen MR) is 83.1 cm³/mol. The standard InChI is InChI=1S/C16H20F3N5O2/c17-15(4-1-2-5-16(15,18)19)14(26)24-6-3-10-7-23(8-11(10)24)13(25)12-20-9-21-22-12/h9-11H,1-8H2,(H,20,21,22)/t10-,11+,15+/m0/s1. The fraction of sp³-hybridized carbons (Fsp3) is 0.750. The van der Waals surface area contributed by atoms with E-state index in [0.29, 0.717) is 13.0 Å². The van der Waals surface area contributed by atoms with Crippen LogP contribution in [-0.4, -0.2) is 74.1 Å². The van der Waals surface area contributed by atoms with Gasteiger partial charge in [0.2, 0.25) is 5.82 Å². The maximum absolute atomic E-state index is 15.1. The summed E-state index contributed by atoms with van der Waals surface area (Å²) in [5, 5.41) is 6.13. The molecule has 1 N–H and O–H groups in total. The maximum Gasteiger partial charge on any atom is 0.291 e. The lowest BCUT2D eigenvalue weighted by Crippen LogP contribution is -2.59. The minimum Gasteiger partial charge on any atom is -0.335 e. The number of carbonyl (C=O) groups excluding carboxylic acids is 2. The average molecular weight is 371 g/mol. The van der Waals surface area contributed by atoms with Crippen molar-refractivity contribution in [2.45, 2.75) is 49.7 Å². The molecule has 2 aliphatic heterocycles. The molecule has 0 spiro atoms. The van der Waals surface area contributed by atoms with Gasteiger partial charge in [0.05, 0.1) is 6.04 Å². The van der Waals surface area contributed by atoms with Crippen LogP contribution in [-0.2, 0) is 4.79 Å². The second-order valence-electron chi connectivity index (χ2n) is 7.37. The summed E-state index contributed by atoms with van der Waals surface area (Å²) < 4.78 is 43.5. The van der Waals surface area contributed by atoms with Crippen LogP contribution in [0.3, 0.4) is 0 Å². The minimum absolute atomic E-state index is 0.0355. The van der Waals surface area contributed by atoms with Gasteiger partial charge in [-0.05, 0) is 25.7 Å². The zero-order valence-electron chi connectivity index (χ0n) is 14.1. The van der Waals surface area contributed by atoms with Crippen LogP contribution < -0.4 is 0 Å². The predicted octanol–water partition coefficient (Wildman–Crippen LogP) is 1.40. The quantitative estimate of drug-likeness (QED) is 0.852. The molecule has 3 heterocycles. The van der Waals surface area contributed by atoms with Gasteiger partial charge in [0.25, 0.3) is 23.4 Å². The zero-order valence-corrected chi connectivity index (χ0v) is 14.1. The fourth-order valence-corrected chi connectivity index (χ4v) is 4.43. The molecule has 3 atom stereocenters. The number of H-pyrrole nitrogens is 1. The smallest absolute Gasteiger partial charge is 0.291 e. The van der Waals surface area contributed by atoms with Crippen LogP contribution >= 0.6 is 0 Å². The zero-order chi connectivity index (χ0) is 18.5. The Morgan fingerprint density at radius 2 is 1.96 bits per heavy atom. The number of amides is 2. The van der Waals surface area contributed by atoms with Gasteiger partial charge >= 0.3 is 0 Å². The van der Waals surface area contributed by atoms with Crippen LogP contribution in [0.1, 0.15) is 42.7 Å². The van der Waals surface area contributed by atoms with Crippen LogP contribution in [0.15, 0.2) is 6.33 Å². The molecule has 3 aliphatic rings. The van der Waals surface area contributed by atoms with Crippen molar-refractivity contribution in [3.05, 3.63) is 12.2 Å². The largest absolute Gasteiger partial charge is 0.335 e. The van der Waals surface area contributed by atoms with Crippen LogP contribution in [0.5, 0.6) is 0 Å². The fourth-order valence-electron chi connectivity index (χ4n) is 4.43. The first-order valence-corrected chi connectivity index (χ1v) is 8.86. The molecule has 1 aromatic rings. The van der Waals surface area contributed by atoms with Crippen LogP contribution in [0.25, 0.3) is 0 Å². The highest BCUT2D eigenvalue weighted by Crippen LogP contribution is 2.47. The molecule has 3 fully saturated rings. The average Bonchev–Trinajstić information content (AvgIpc) is 3.32. The molecule has 4 rings (SSSR count). The Hall–Kier alpha value is -2.13. The Balaban J connectivity index is 1.51. The molecule has 0 radical (unpaired) electrons. The van der Waals surface area contributed by atoms with Crippen molar-refractivity contribution >= 4 is 11.8 Å². The number of hydrogen-bond acceptors (Lipinski definition) is 4. The molecular formula is C16H20F3N5O2. The third-order valence-corrected chi connectivity index (χ3v) is 5.89. The molecule has 0 unspecified atom stereocenters. The third-order valence-electron chi connectivity index (χ3n) is 5.89. The first kappa shape index (κ1) is 17.3. The Bertz CT molecular complexity index is 713. The molecule has 0 bridgehead atoms. The van der Waals surface area contributed by atoms with Crippen molar-refractivity contribution in [1.82, 2.24) is 25.0 Å². The minimum atomic E-state index is -3.64. The van der Waals surface area contributed by atoms with Gasteiger partial charge in [0.15, 0.2) is 0 Å². The Morgan fingerprint density at radius 1 is 1.19 bits per heavy atom. The Kier molecular flexibility index (Phi) is 3.96. The molecule has 1 aromatic heterocycles. The number of likely N-dealkylation sites (tertiary alicyclic amines) is 2. The summed E-state index contributed by atoms with van der Waals surface area (Å²) in [4.78, 5) is 31.7. The lowest BCUT2D eigenvalue weighted by molar-refractivity contribution is -0.190. The van der Waals surface area contributed by atoms with E-state index in [1.54, 1.807) is 0 Å². The van der Waals surface area contributed by atoms with E-state index in [1.165, 1.54) is 16.1 Å². The van der Waals surface area contributed by atoms with E-state index in [2.05, 4.69) is 15.2 Å². The summed E-state index contributed by atoms with van der Waals surface area (Å²) in [6.07, 6.45) is 1.23. The molecule has 2 saturated heterocycles. The molecule has 1 aliphatic carbocycles. The first-order valence-electron chi connectivity index (χ1n) is 8.86. The number of carbonyl (C=O) groups is 2. The van der Waals surface area contributed by atoms with E-state index < -0.39 is 36.4 Å². The SMILES string of the molecule is O=C(c1ncn[nH]1)N1C[C@@H]2CCN(C(=O)[C@]3(F)CCCCC3(F)F)[C@@H]2C1. The Morgan fingerprint density at radius 3 is 2.65 bits per heavy atom. The molecule has 10 heteroatoms. The summed E-state index contributed by atoms with van der Waals surface area (Å²) in [7, 11) is 0. The van der Waals surface area contributed by atoms with Gasteiger partial charge in [0.1, 0.15) is 6.33 Å². The van der Waals surface area contributed by atoms with Crippen molar-refractivity contribution in [2.75, 3.05) is 19.6 Å². The van der Waals surface area contributed by atoms with E-state index in [9.17, 15) is 18.4 Å². The number of nitrogens with zero attached hydrogens (tertiary/aromatic N) is 4. The summed E-state index contributed by atoms with van der Waals surface area (Å²) in [6, 6.07) is -0.431. The van der Waals surface area contributed by atoms with E-state index in [0.717, 1.165) is 0 Å². The number of rotatable bonds is 2. The molecule has 7 nitrogen and oxygen atoms in total. The highest BCUT2D eigenvalue weighted by Gasteiger charge is 2.63. The van der Waals surface area contributed by atoms with Gasteiger partial charge < -0.3 is 9.80 Å². The molecular weight excluding hydrogens is 351 g/mol. The van der Waals surface area contributed by atoms with E-state index >= 15 is 4.39 Å². The molecule has 26 heavy (non-hydrogen) atoms. The summed E-state index contributed by atoms with van der Waals surface area (Å²) in [5.74, 6) is -5.07. The highest BCUT2D eigenvalue weighted by atomic mass is 19.3. The molecule has 2 amide bonds. The van der Waals surface area contributed by atoms with Gasteiger partial charge in [-0.2, -0.15) is 5.10 Å². The highest BCUT2D eigenvalue weighted by molar-refractivity contribution is 5.91. The number of aromatic amines is 1. The number of aromatic nitrogens is 3. The van der Waals surface area contributed by atoms with Crippen LogP contribution in [0.4, 0.5) is 13.2 Å². The van der Waals surface area contributed by atoms with Crippen LogP contribution in [0, 0.1) is 5.92 Å². The van der Waals surface area contributed by atoms with Gasteiger partial charge in [-0.3, -0.25) is 14.7 Å². The topological polar surface area (TPSA) is 82.2 Å². The normalized spacial score (nSPS) is 33.3. The van der Waals surface area contributed by atoms with E-state index in [1.807, 2.05) is 0 Å². The van der Waals surface area contributed by atoms with Crippen molar-refractivity contribution < 1.29 is 22.8 Å². The lowest BCUT2D eigenvalue weighted by Gasteiger charge is -2.39. The third kappa shape index (κ3) is 2.49. The number of fused-ring (bicyclic) bond motifs is 1. The molecule has 0 aromatic carbocycles. The van der Waals surface area contributed by atoms with Crippen molar-refractivity contribution in [2.24, 2.45) is 5.92 Å². The monoisotopic (exact) mass is 371 g/mol. The second kappa shape index (κ2) is 5.95. The van der Waals surface area contributed by atoms with Gasteiger partial charge in [-0.25, -0.2) is 18.2 Å². The summed E-state index contributed by atoms with van der Waals surface area (Å²) in [6.45, 7) is 0.835. The van der Waals surface area contributed by atoms with E-state index in [4.69, 9.17) is 0 Å². The number of hydrogen-bond donors (Lipinski definition) is 1. The Labute approximate surface area is 147 Å². The summed E-state index contributed by atoms with van der Waals surface area (Å²) in [5.41, 5.74) is -3.14. The maximum atomic E-state index is 15.1. The van der Waals surface area contributed by atoms with Gasteiger partial charge in [0, 0.05) is 32.0 Å². The van der Waals surface area contributed by atoms with Crippen molar-refractivity contribution in [3.8, 4) is 0 Å². The van der Waals surface area contributed by atoms with Crippen LogP contribution in [0.2, 0.25) is 0 Å². The molecule has 1 saturated carbocycles. The summed E-state index contributed by atoms with van der Waals surface area (Å²) >= 11 is 0. The van der Waals surface area contributed by atoms with Gasteiger partial charge in [-0.15, -0.1) is 0 Å². The van der Waals surface area contributed by atoms with E-state index in [-0.39, 0.29) is 43.6 Å². The number of nitrogens with one attached hydrogen (secondary N) is 1. The lowest BCUT2D eigenvalue weighted by atomic mass is 9.81. The number of halogens is 3. The van der Waals surface area contributed by atoms with Crippen molar-refractivity contribution in [1.29, 1.82) is 0 Å². The molecule has 142 valence electrons. The van der Waals surface area contributed by atoms with Crippen molar-refractivity contribution in [3.63, 3.8) is 0 Å². The van der Waals surface area contributed by atoms with Gasteiger partial charge in [-0.1, -0.05) is 0 Å².